The van der Waals surface area contributed by atoms with Crippen molar-refractivity contribution in [2.75, 3.05) is 54.2 Å². The van der Waals surface area contributed by atoms with E-state index in [0.29, 0.717) is 18.3 Å². The largest absolute Gasteiger partial charge is 0.464 e. The summed E-state index contributed by atoms with van der Waals surface area (Å²) in [7, 11) is 3.10. The normalized spacial score (nSPS) is 12.3. The zero-order chi connectivity index (χ0) is 34.4. The number of hydrogen-bond acceptors (Lipinski definition) is 11. The molecule has 0 aliphatic carbocycles. The van der Waals surface area contributed by atoms with Gasteiger partial charge in [0, 0.05) is 14.2 Å². The van der Waals surface area contributed by atoms with Crippen molar-refractivity contribution in [3.8, 4) is 11.5 Å². The second kappa shape index (κ2) is 17.9. The van der Waals surface area contributed by atoms with Crippen LogP contribution in [0.2, 0.25) is 0 Å². The predicted molar refractivity (Wildman–Crippen MR) is 175 cm³/mol. The molecule has 1 aliphatic rings. The van der Waals surface area contributed by atoms with Crippen LogP contribution in [0.4, 0.5) is 0 Å². The van der Waals surface area contributed by atoms with Crippen molar-refractivity contribution in [3.05, 3.63) is 130 Å². The molecule has 4 aromatic rings. The molecule has 5 rings (SSSR count). The van der Waals surface area contributed by atoms with Crippen molar-refractivity contribution < 1.29 is 52.4 Å². The number of methoxy groups -OCH3 is 2. The van der Waals surface area contributed by atoms with Gasteiger partial charge in [0.25, 0.3) is 11.8 Å². The third-order valence-corrected chi connectivity index (χ3v) is 7.40. The van der Waals surface area contributed by atoms with Gasteiger partial charge in [-0.2, -0.15) is 0 Å². The number of fused-ring (bicyclic) bond motifs is 1. The number of amides is 2. The maximum Gasteiger partial charge on any atom is 0.343 e. The molecule has 0 N–H and O–H groups in total. The minimum Gasteiger partial charge on any atom is -0.464 e. The van der Waals surface area contributed by atoms with E-state index in [4.69, 9.17) is 38.0 Å². The van der Waals surface area contributed by atoms with Crippen molar-refractivity contribution in [1.29, 1.82) is 0 Å². The number of nitrogens with zero attached hydrogens (tertiary/aromatic N) is 1. The van der Waals surface area contributed by atoms with E-state index < -0.39 is 23.9 Å². The lowest BCUT2D eigenvalue weighted by molar-refractivity contribution is -0.101. The second-order valence-electron chi connectivity index (χ2n) is 10.6. The quantitative estimate of drug-likeness (QED) is 0.0553. The van der Waals surface area contributed by atoms with Crippen LogP contribution in [0.5, 0.6) is 11.5 Å². The molecule has 0 aromatic heterocycles. The first-order valence-corrected chi connectivity index (χ1v) is 15.5. The Morgan fingerprint density at radius 1 is 0.653 bits per heavy atom. The van der Waals surface area contributed by atoms with Gasteiger partial charge >= 0.3 is 5.97 Å². The zero-order valence-electron chi connectivity index (χ0n) is 27.2. The summed E-state index contributed by atoms with van der Waals surface area (Å²) >= 11 is 0. The molecular formula is C37H37NO11. The number of ether oxygens (including phenoxy) is 7. The van der Waals surface area contributed by atoms with Gasteiger partial charge in [-0.1, -0.05) is 78.9 Å². The van der Waals surface area contributed by atoms with Crippen LogP contribution in [0.15, 0.2) is 97.1 Å². The smallest absolute Gasteiger partial charge is 0.343 e. The van der Waals surface area contributed by atoms with E-state index in [1.807, 2.05) is 60.7 Å². The molecule has 0 radical (unpaired) electrons. The molecule has 256 valence electrons. The highest BCUT2D eigenvalue weighted by molar-refractivity contribution is 6.20. The second-order valence-corrected chi connectivity index (χ2v) is 10.6. The third kappa shape index (κ3) is 8.87. The van der Waals surface area contributed by atoms with Crippen LogP contribution in [-0.4, -0.2) is 77.1 Å². The Morgan fingerprint density at radius 3 is 1.73 bits per heavy atom. The van der Waals surface area contributed by atoms with Crippen molar-refractivity contribution >= 4 is 17.8 Å². The number of rotatable bonds is 19. The molecule has 0 atom stereocenters. The Labute approximate surface area is 283 Å². The van der Waals surface area contributed by atoms with E-state index in [2.05, 4.69) is 0 Å². The Kier molecular flexibility index (Phi) is 12.8. The SMILES string of the molecule is COCCOCOc1ccc(CON2C(=O)c3ccccc3C2=O)c(C(=O)OC(c2ccccc2)c2ccccc2)c1OCOCCOC. The first-order valence-electron chi connectivity index (χ1n) is 15.5. The van der Waals surface area contributed by atoms with E-state index in [9.17, 15) is 14.4 Å². The summed E-state index contributed by atoms with van der Waals surface area (Å²) in [6.07, 6.45) is -0.798. The van der Waals surface area contributed by atoms with Crippen molar-refractivity contribution in [3.63, 3.8) is 0 Å². The Morgan fingerprint density at radius 2 is 1.18 bits per heavy atom. The number of hydroxylamine groups is 2. The number of hydrogen-bond donors (Lipinski definition) is 0. The van der Waals surface area contributed by atoms with E-state index in [1.54, 1.807) is 50.6 Å². The lowest BCUT2D eigenvalue weighted by Gasteiger charge is -2.23. The van der Waals surface area contributed by atoms with Crippen LogP contribution in [0, 0.1) is 0 Å². The Bertz CT molecular complexity index is 1620. The van der Waals surface area contributed by atoms with Crippen molar-refractivity contribution in [1.82, 2.24) is 5.06 Å². The molecule has 0 saturated carbocycles. The van der Waals surface area contributed by atoms with Crippen molar-refractivity contribution in [2.45, 2.75) is 12.7 Å². The zero-order valence-corrected chi connectivity index (χ0v) is 27.2. The number of carbonyl (C=O) groups is 3. The minimum atomic E-state index is -0.798. The monoisotopic (exact) mass is 671 g/mol. The van der Waals surface area contributed by atoms with E-state index >= 15 is 0 Å². The average molecular weight is 672 g/mol. The van der Waals surface area contributed by atoms with E-state index in [1.165, 1.54) is 0 Å². The molecule has 0 bridgehead atoms. The van der Waals surface area contributed by atoms with Gasteiger partial charge in [-0.05, 0) is 34.9 Å². The molecule has 49 heavy (non-hydrogen) atoms. The summed E-state index contributed by atoms with van der Waals surface area (Å²) in [5, 5.41) is 0.680. The topological polar surface area (TPSA) is 128 Å². The van der Waals surface area contributed by atoms with Gasteiger partial charge in [0.05, 0.1) is 37.6 Å². The van der Waals surface area contributed by atoms with E-state index in [0.717, 1.165) is 11.1 Å². The summed E-state index contributed by atoms with van der Waals surface area (Å²) in [6, 6.07) is 28.1. The molecule has 0 spiro atoms. The fourth-order valence-corrected chi connectivity index (χ4v) is 4.98. The Hall–Kier alpha value is -5.11. The van der Waals surface area contributed by atoms with Crippen LogP contribution in [0.3, 0.4) is 0 Å². The van der Waals surface area contributed by atoms with Gasteiger partial charge in [-0.15, -0.1) is 5.06 Å². The lowest BCUT2D eigenvalue weighted by Crippen LogP contribution is -2.30. The molecular weight excluding hydrogens is 634 g/mol. The van der Waals surface area contributed by atoms with E-state index in [-0.39, 0.29) is 67.2 Å². The predicted octanol–water partition coefficient (Wildman–Crippen LogP) is 5.36. The highest BCUT2D eigenvalue weighted by Crippen LogP contribution is 2.38. The summed E-state index contributed by atoms with van der Waals surface area (Å²) in [5.41, 5.74) is 2.09. The van der Waals surface area contributed by atoms with Crippen LogP contribution in [-0.2, 0) is 35.1 Å². The van der Waals surface area contributed by atoms with Crippen molar-refractivity contribution in [2.24, 2.45) is 0 Å². The molecule has 0 unspecified atom stereocenters. The molecule has 1 aliphatic heterocycles. The van der Waals surface area contributed by atoms with Crippen LogP contribution >= 0.6 is 0 Å². The fourth-order valence-electron chi connectivity index (χ4n) is 4.98. The third-order valence-electron chi connectivity index (χ3n) is 7.40. The standard InChI is InChI=1S/C37H37NO11/c1-42-19-21-44-24-46-31-18-17-28(23-48-38-35(39)29-15-9-10-16-30(29)36(38)40)32(34(31)47-25-45-22-20-43-2)37(41)49-33(26-11-5-3-6-12-26)27-13-7-4-8-14-27/h3-18,33H,19-25H2,1-2H3. The average Bonchev–Trinajstić information content (AvgIpc) is 3.38. The van der Waals surface area contributed by atoms with Crippen LogP contribution in [0.25, 0.3) is 0 Å². The summed E-state index contributed by atoms with van der Waals surface area (Å²) in [5.74, 6) is -1.87. The summed E-state index contributed by atoms with van der Waals surface area (Å²) in [4.78, 5) is 46.2. The first kappa shape index (κ1) is 35.2. The van der Waals surface area contributed by atoms with Crippen LogP contribution in [0.1, 0.15) is 53.9 Å². The van der Waals surface area contributed by atoms with Gasteiger partial charge in [-0.3, -0.25) is 14.4 Å². The van der Waals surface area contributed by atoms with Gasteiger partial charge < -0.3 is 33.2 Å². The Balaban J connectivity index is 1.50. The fraction of sp³-hybridized carbons (Fsp3) is 0.270. The first-order chi connectivity index (χ1) is 24.0. The minimum absolute atomic E-state index is 0.0129. The molecule has 0 fully saturated rings. The molecule has 4 aromatic carbocycles. The summed E-state index contributed by atoms with van der Waals surface area (Å²) in [6.45, 7) is 0.338. The number of benzene rings is 4. The molecule has 0 saturated heterocycles. The van der Waals surface area contributed by atoms with Gasteiger partial charge in [0.1, 0.15) is 12.2 Å². The molecule has 12 heteroatoms. The number of carbonyl (C=O) groups excluding carboxylic acids is 3. The number of esters is 1. The lowest BCUT2D eigenvalue weighted by atomic mass is 10.0. The maximum absolute atomic E-state index is 14.4. The van der Waals surface area contributed by atoms with Gasteiger partial charge in [-0.25, -0.2) is 4.79 Å². The molecule has 12 nitrogen and oxygen atoms in total. The maximum atomic E-state index is 14.4. The molecule has 1 heterocycles. The highest BCUT2D eigenvalue weighted by Gasteiger charge is 2.37. The highest BCUT2D eigenvalue weighted by atomic mass is 16.7. The van der Waals surface area contributed by atoms with Gasteiger partial charge in [0.15, 0.2) is 31.2 Å². The summed E-state index contributed by atoms with van der Waals surface area (Å²) < 4.78 is 39.3. The van der Waals surface area contributed by atoms with Crippen LogP contribution < -0.4 is 9.47 Å². The molecule has 2 amide bonds. The number of imide groups is 1. The van der Waals surface area contributed by atoms with Gasteiger partial charge in [0.2, 0.25) is 0 Å².